The molecule has 112 valence electrons. The van der Waals surface area contributed by atoms with Gasteiger partial charge in [0.05, 0.1) is 9.92 Å². The molecule has 0 fully saturated rings. The molecule has 0 amide bonds. The smallest absolute Gasteiger partial charge is 0.240 e. The van der Waals surface area contributed by atoms with Gasteiger partial charge in [-0.05, 0) is 35.4 Å². The molecule has 0 aliphatic rings. The average molecular weight is 329 g/mol. The molecule has 0 radical (unpaired) electrons. The lowest BCUT2D eigenvalue weighted by Crippen LogP contribution is -2.23. The summed E-state index contributed by atoms with van der Waals surface area (Å²) < 4.78 is 39.8. The number of hydrogen-bond donors (Lipinski definition) is 2. The maximum atomic E-state index is 13.0. The lowest BCUT2D eigenvalue weighted by Gasteiger charge is -2.08. The lowest BCUT2D eigenvalue weighted by atomic mass is 10.2. The number of benzene rings is 2. The third kappa shape index (κ3) is 4.01. The van der Waals surface area contributed by atoms with Gasteiger partial charge in [-0.1, -0.05) is 29.8 Å². The van der Waals surface area contributed by atoms with E-state index in [2.05, 4.69) is 4.72 Å². The van der Waals surface area contributed by atoms with E-state index in [-0.39, 0.29) is 23.0 Å². The van der Waals surface area contributed by atoms with Crippen LogP contribution in [0, 0.1) is 5.82 Å². The molecule has 2 rings (SSSR count). The van der Waals surface area contributed by atoms with Crippen LogP contribution in [-0.2, 0) is 23.1 Å². The van der Waals surface area contributed by atoms with E-state index in [0.29, 0.717) is 5.56 Å². The highest BCUT2D eigenvalue weighted by molar-refractivity contribution is 7.89. The summed E-state index contributed by atoms with van der Waals surface area (Å²) in [5.41, 5.74) is 6.79. The van der Waals surface area contributed by atoms with E-state index in [1.54, 1.807) is 12.1 Å². The SMILES string of the molecule is NCc1cccc(S(=O)(=O)NCc2ccc(F)c(Cl)c2)c1. The largest absolute Gasteiger partial charge is 0.326 e. The minimum atomic E-state index is -3.66. The van der Waals surface area contributed by atoms with Crippen LogP contribution in [0.1, 0.15) is 11.1 Å². The molecule has 21 heavy (non-hydrogen) atoms. The highest BCUT2D eigenvalue weighted by atomic mass is 35.5. The molecule has 0 spiro atoms. The molecule has 0 saturated carbocycles. The van der Waals surface area contributed by atoms with E-state index in [1.807, 2.05) is 0 Å². The van der Waals surface area contributed by atoms with Crippen molar-refractivity contribution in [1.29, 1.82) is 0 Å². The lowest BCUT2D eigenvalue weighted by molar-refractivity contribution is 0.581. The highest BCUT2D eigenvalue weighted by Gasteiger charge is 2.14. The van der Waals surface area contributed by atoms with Crippen LogP contribution < -0.4 is 10.5 Å². The van der Waals surface area contributed by atoms with E-state index in [4.69, 9.17) is 17.3 Å². The van der Waals surface area contributed by atoms with Crippen LogP contribution in [0.3, 0.4) is 0 Å². The molecule has 3 N–H and O–H groups in total. The van der Waals surface area contributed by atoms with Gasteiger partial charge in [-0.15, -0.1) is 0 Å². The second kappa shape index (κ2) is 6.53. The van der Waals surface area contributed by atoms with E-state index >= 15 is 0 Å². The van der Waals surface area contributed by atoms with Gasteiger partial charge in [-0.2, -0.15) is 0 Å². The second-order valence-electron chi connectivity index (χ2n) is 4.42. The second-order valence-corrected chi connectivity index (χ2v) is 6.60. The molecule has 2 aromatic rings. The Morgan fingerprint density at radius 2 is 1.90 bits per heavy atom. The van der Waals surface area contributed by atoms with Gasteiger partial charge >= 0.3 is 0 Å². The summed E-state index contributed by atoms with van der Waals surface area (Å²) in [5.74, 6) is -0.543. The Labute approximate surface area is 127 Å². The Hall–Kier alpha value is -1.47. The molecule has 0 aliphatic carbocycles. The van der Waals surface area contributed by atoms with Crippen molar-refractivity contribution in [3.05, 3.63) is 64.4 Å². The Bertz CT molecular complexity index is 750. The van der Waals surface area contributed by atoms with Crippen LogP contribution in [0.2, 0.25) is 5.02 Å². The Kier molecular flexibility index (Phi) is 4.95. The fraction of sp³-hybridized carbons (Fsp3) is 0.143. The van der Waals surface area contributed by atoms with Gasteiger partial charge in [0.25, 0.3) is 0 Å². The van der Waals surface area contributed by atoms with Crippen LogP contribution >= 0.6 is 11.6 Å². The number of hydrogen-bond acceptors (Lipinski definition) is 3. The van der Waals surface area contributed by atoms with Crippen LogP contribution in [0.15, 0.2) is 47.4 Å². The van der Waals surface area contributed by atoms with E-state index in [0.717, 1.165) is 5.56 Å². The topological polar surface area (TPSA) is 72.2 Å². The molecular formula is C14H14ClFN2O2S. The first kappa shape index (κ1) is 15.9. The molecule has 0 bridgehead atoms. The van der Waals surface area contributed by atoms with Gasteiger partial charge < -0.3 is 5.73 Å². The van der Waals surface area contributed by atoms with Gasteiger partial charge in [0.1, 0.15) is 5.82 Å². The number of rotatable bonds is 5. The molecule has 0 unspecified atom stereocenters. The van der Waals surface area contributed by atoms with E-state index in [1.165, 1.54) is 30.3 Å². The Morgan fingerprint density at radius 3 is 2.57 bits per heavy atom. The van der Waals surface area contributed by atoms with Crippen molar-refractivity contribution in [2.24, 2.45) is 5.73 Å². The first-order chi connectivity index (χ1) is 9.92. The van der Waals surface area contributed by atoms with Gasteiger partial charge in [0.15, 0.2) is 0 Å². The predicted octanol–water partition coefficient (Wildman–Crippen LogP) is 2.42. The maximum Gasteiger partial charge on any atom is 0.240 e. The number of nitrogens with two attached hydrogens (primary N) is 1. The van der Waals surface area contributed by atoms with Crippen LogP contribution in [0.5, 0.6) is 0 Å². The van der Waals surface area contributed by atoms with Gasteiger partial charge in [-0.3, -0.25) is 0 Å². The predicted molar refractivity (Wildman–Crippen MR) is 79.8 cm³/mol. The summed E-state index contributed by atoms with van der Waals surface area (Å²) in [6, 6.07) is 10.4. The van der Waals surface area contributed by atoms with Gasteiger partial charge in [0.2, 0.25) is 10.0 Å². The van der Waals surface area contributed by atoms with Crippen molar-refractivity contribution in [3.8, 4) is 0 Å². The van der Waals surface area contributed by atoms with E-state index in [9.17, 15) is 12.8 Å². The fourth-order valence-electron chi connectivity index (χ4n) is 1.75. The summed E-state index contributed by atoms with van der Waals surface area (Å²) in [6.45, 7) is 0.284. The number of sulfonamides is 1. The number of nitrogens with one attached hydrogen (secondary N) is 1. The summed E-state index contributed by atoms with van der Waals surface area (Å²) in [4.78, 5) is 0.138. The van der Waals surface area contributed by atoms with Gasteiger partial charge in [0, 0.05) is 13.1 Å². The summed E-state index contributed by atoms with van der Waals surface area (Å²) in [5, 5.41) is -0.0446. The van der Waals surface area contributed by atoms with Crippen LogP contribution in [0.4, 0.5) is 4.39 Å². The first-order valence-electron chi connectivity index (χ1n) is 6.15. The van der Waals surface area contributed by atoms with Crippen molar-refractivity contribution in [2.75, 3.05) is 0 Å². The van der Waals surface area contributed by atoms with Crippen molar-refractivity contribution in [3.63, 3.8) is 0 Å². The standard InChI is InChI=1S/C14H14ClFN2O2S/c15-13-7-11(4-5-14(13)16)9-18-21(19,20)12-3-1-2-10(6-12)8-17/h1-7,18H,8-9,17H2. The van der Waals surface area contributed by atoms with Crippen molar-refractivity contribution in [2.45, 2.75) is 18.0 Å². The summed E-state index contributed by atoms with van der Waals surface area (Å²) in [6.07, 6.45) is 0. The maximum absolute atomic E-state index is 13.0. The molecule has 4 nitrogen and oxygen atoms in total. The minimum absolute atomic E-state index is 0.0230. The monoisotopic (exact) mass is 328 g/mol. The summed E-state index contributed by atoms with van der Waals surface area (Å²) >= 11 is 5.65. The first-order valence-corrected chi connectivity index (χ1v) is 8.01. The molecule has 0 heterocycles. The van der Waals surface area contributed by atoms with Gasteiger partial charge in [-0.25, -0.2) is 17.5 Å². The van der Waals surface area contributed by atoms with Crippen molar-refractivity contribution in [1.82, 2.24) is 4.72 Å². The zero-order valence-corrected chi connectivity index (χ0v) is 12.6. The molecule has 0 atom stereocenters. The van der Waals surface area contributed by atoms with Crippen molar-refractivity contribution < 1.29 is 12.8 Å². The average Bonchev–Trinajstić information content (AvgIpc) is 2.48. The Balaban J connectivity index is 2.15. The van der Waals surface area contributed by atoms with Crippen LogP contribution in [-0.4, -0.2) is 8.42 Å². The normalized spacial score (nSPS) is 11.6. The summed E-state index contributed by atoms with van der Waals surface area (Å²) in [7, 11) is -3.66. The molecule has 0 aromatic heterocycles. The molecule has 0 saturated heterocycles. The molecule has 7 heteroatoms. The third-order valence-electron chi connectivity index (χ3n) is 2.89. The molecule has 2 aromatic carbocycles. The van der Waals surface area contributed by atoms with Crippen LogP contribution in [0.25, 0.3) is 0 Å². The quantitative estimate of drug-likeness (QED) is 0.885. The number of halogens is 2. The molecular weight excluding hydrogens is 315 g/mol. The minimum Gasteiger partial charge on any atom is -0.326 e. The Morgan fingerprint density at radius 1 is 1.14 bits per heavy atom. The van der Waals surface area contributed by atoms with Crippen molar-refractivity contribution >= 4 is 21.6 Å². The zero-order valence-electron chi connectivity index (χ0n) is 11.0. The highest BCUT2D eigenvalue weighted by Crippen LogP contribution is 2.17. The van der Waals surface area contributed by atoms with E-state index < -0.39 is 15.8 Å². The fourth-order valence-corrected chi connectivity index (χ4v) is 3.04. The molecule has 0 aliphatic heterocycles. The zero-order chi connectivity index (χ0) is 15.5. The third-order valence-corrected chi connectivity index (χ3v) is 4.58.